The maximum atomic E-state index is 6.50. The molecule has 0 amide bonds. The van der Waals surface area contributed by atoms with Crippen LogP contribution in [0.25, 0.3) is 0 Å². The minimum absolute atomic E-state index is 0.608. The van der Waals surface area contributed by atoms with E-state index in [4.69, 9.17) is 16.3 Å². The molecule has 0 radical (unpaired) electrons. The smallest absolute Gasteiger partial charge is 0.0642 e. The topological polar surface area (TPSA) is 24.5 Å². The summed E-state index contributed by atoms with van der Waals surface area (Å²) in [7, 11) is 1.79. The van der Waals surface area contributed by atoms with Crippen molar-refractivity contribution in [3.63, 3.8) is 0 Å². The van der Waals surface area contributed by atoms with Gasteiger partial charge in [-0.25, -0.2) is 0 Å². The number of hydrogen-bond acceptors (Lipinski definition) is 3. The maximum Gasteiger partial charge on any atom is 0.0642 e. The van der Waals surface area contributed by atoms with Crippen molar-refractivity contribution in [1.82, 2.24) is 5.32 Å². The van der Waals surface area contributed by atoms with Crippen molar-refractivity contribution in [3.05, 3.63) is 28.8 Å². The SMILES string of the molecule is CCCNCc1cccc(Cl)c1N1CCCC(COC)C1. The molecule has 21 heavy (non-hydrogen) atoms. The molecule has 1 fully saturated rings. The molecule has 3 nitrogen and oxygen atoms in total. The Labute approximate surface area is 133 Å². The largest absolute Gasteiger partial charge is 0.384 e. The summed E-state index contributed by atoms with van der Waals surface area (Å²) in [6.45, 7) is 7.08. The van der Waals surface area contributed by atoms with E-state index in [1.54, 1.807) is 7.11 Å². The zero-order chi connectivity index (χ0) is 15.1. The van der Waals surface area contributed by atoms with Gasteiger partial charge in [-0.2, -0.15) is 0 Å². The zero-order valence-electron chi connectivity index (χ0n) is 13.2. The van der Waals surface area contributed by atoms with Crippen LogP contribution in [0, 0.1) is 5.92 Å². The molecule has 0 spiro atoms. The summed E-state index contributed by atoms with van der Waals surface area (Å²) in [5, 5.41) is 4.35. The van der Waals surface area contributed by atoms with Gasteiger partial charge < -0.3 is 15.0 Å². The van der Waals surface area contributed by atoms with E-state index in [1.807, 2.05) is 12.1 Å². The number of methoxy groups -OCH3 is 1. The van der Waals surface area contributed by atoms with Gasteiger partial charge in [0.15, 0.2) is 0 Å². The van der Waals surface area contributed by atoms with Crippen molar-refractivity contribution in [2.24, 2.45) is 5.92 Å². The summed E-state index contributed by atoms with van der Waals surface area (Å²) >= 11 is 6.50. The third-order valence-electron chi connectivity index (χ3n) is 4.05. The quantitative estimate of drug-likeness (QED) is 0.777. The second-order valence-electron chi connectivity index (χ2n) is 5.83. The van der Waals surface area contributed by atoms with Crippen molar-refractivity contribution < 1.29 is 4.74 Å². The lowest BCUT2D eigenvalue weighted by Gasteiger charge is -2.36. The Kier molecular flexibility index (Phi) is 6.81. The van der Waals surface area contributed by atoms with E-state index in [0.717, 1.165) is 44.2 Å². The van der Waals surface area contributed by atoms with E-state index >= 15 is 0 Å². The van der Waals surface area contributed by atoms with Crippen LogP contribution in [-0.4, -0.2) is 33.4 Å². The zero-order valence-corrected chi connectivity index (χ0v) is 14.0. The fourth-order valence-corrected chi connectivity index (χ4v) is 3.41. The number of hydrogen-bond donors (Lipinski definition) is 1. The van der Waals surface area contributed by atoms with Crippen molar-refractivity contribution in [1.29, 1.82) is 0 Å². The first-order valence-electron chi connectivity index (χ1n) is 7.98. The van der Waals surface area contributed by atoms with Gasteiger partial charge in [0.2, 0.25) is 0 Å². The monoisotopic (exact) mass is 310 g/mol. The normalized spacial score (nSPS) is 19.0. The average molecular weight is 311 g/mol. The number of nitrogens with one attached hydrogen (secondary N) is 1. The summed E-state index contributed by atoms with van der Waals surface area (Å²) < 4.78 is 5.33. The van der Waals surface area contributed by atoms with Crippen LogP contribution in [0.2, 0.25) is 5.02 Å². The molecule has 1 saturated heterocycles. The minimum atomic E-state index is 0.608. The van der Waals surface area contributed by atoms with Gasteiger partial charge in [-0.05, 0) is 43.4 Å². The fraction of sp³-hybridized carbons (Fsp3) is 0.647. The third-order valence-corrected chi connectivity index (χ3v) is 4.36. The predicted octanol–water partition coefficient (Wildman–Crippen LogP) is 3.70. The molecule has 1 atom stereocenters. The molecule has 1 N–H and O–H groups in total. The Balaban J connectivity index is 2.13. The lowest BCUT2D eigenvalue weighted by Crippen LogP contribution is -2.38. The van der Waals surface area contributed by atoms with E-state index in [9.17, 15) is 0 Å². The maximum absolute atomic E-state index is 6.50. The van der Waals surface area contributed by atoms with Crippen LogP contribution in [0.15, 0.2) is 18.2 Å². The highest BCUT2D eigenvalue weighted by atomic mass is 35.5. The first-order valence-corrected chi connectivity index (χ1v) is 8.36. The van der Waals surface area contributed by atoms with E-state index in [2.05, 4.69) is 23.2 Å². The van der Waals surface area contributed by atoms with Crippen molar-refractivity contribution in [2.75, 3.05) is 38.3 Å². The highest BCUT2D eigenvalue weighted by molar-refractivity contribution is 6.33. The van der Waals surface area contributed by atoms with Crippen LogP contribution in [-0.2, 0) is 11.3 Å². The molecule has 1 heterocycles. The average Bonchev–Trinajstić information content (AvgIpc) is 2.48. The van der Waals surface area contributed by atoms with Gasteiger partial charge in [-0.15, -0.1) is 0 Å². The molecule has 0 aromatic heterocycles. The molecule has 118 valence electrons. The summed E-state index contributed by atoms with van der Waals surface area (Å²) in [6.07, 6.45) is 3.61. The van der Waals surface area contributed by atoms with E-state index < -0.39 is 0 Å². The number of ether oxygens (including phenoxy) is 1. The van der Waals surface area contributed by atoms with Gasteiger partial charge in [-0.3, -0.25) is 0 Å². The summed E-state index contributed by atoms with van der Waals surface area (Å²) in [4.78, 5) is 2.44. The summed E-state index contributed by atoms with van der Waals surface area (Å²) in [5.41, 5.74) is 2.51. The number of benzene rings is 1. The lowest BCUT2D eigenvalue weighted by molar-refractivity contribution is 0.143. The van der Waals surface area contributed by atoms with Crippen LogP contribution in [0.5, 0.6) is 0 Å². The van der Waals surface area contributed by atoms with Crippen LogP contribution in [0.1, 0.15) is 31.7 Å². The second-order valence-corrected chi connectivity index (χ2v) is 6.24. The minimum Gasteiger partial charge on any atom is -0.384 e. The summed E-state index contributed by atoms with van der Waals surface area (Å²) in [5.74, 6) is 0.608. The Morgan fingerprint density at radius 1 is 1.43 bits per heavy atom. The number of piperidine rings is 1. The number of halogens is 1. The first kappa shape index (κ1) is 16.6. The lowest BCUT2D eigenvalue weighted by atomic mass is 9.97. The van der Waals surface area contributed by atoms with Crippen LogP contribution >= 0.6 is 11.6 Å². The van der Waals surface area contributed by atoms with Crippen molar-refractivity contribution in [3.8, 4) is 0 Å². The van der Waals surface area contributed by atoms with Gasteiger partial charge >= 0.3 is 0 Å². The molecule has 0 aliphatic carbocycles. The highest BCUT2D eigenvalue weighted by Crippen LogP contribution is 2.33. The Morgan fingerprint density at radius 2 is 2.29 bits per heavy atom. The highest BCUT2D eigenvalue weighted by Gasteiger charge is 2.23. The van der Waals surface area contributed by atoms with Gasteiger partial charge in [0.1, 0.15) is 0 Å². The Hall–Kier alpha value is -0.770. The fourth-order valence-electron chi connectivity index (χ4n) is 3.10. The predicted molar refractivity (Wildman–Crippen MR) is 90.3 cm³/mol. The number of para-hydroxylation sites is 1. The first-order chi connectivity index (χ1) is 10.3. The van der Waals surface area contributed by atoms with Gasteiger partial charge in [0, 0.05) is 26.7 Å². The van der Waals surface area contributed by atoms with Gasteiger partial charge in [0.05, 0.1) is 17.3 Å². The van der Waals surface area contributed by atoms with Gasteiger partial charge in [0.25, 0.3) is 0 Å². The van der Waals surface area contributed by atoms with E-state index in [-0.39, 0.29) is 0 Å². The van der Waals surface area contributed by atoms with Crippen molar-refractivity contribution >= 4 is 17.3 Å². The Morgan fingerprint density at radius 3 is 3.05 bits per heavy atom. The molecule has 1 aliphatic rings. The Bertz CT molecular complexity index is 437. The van der Waals surface area contributed by atoms with Crippen molar-refractivity contribution in [2.45, 2.75) is 32.7 Å². The van der Waals surface area contributed by atoms with Crippen LogP contribution in [0.4, 0.5) is 5.69 Å². The molecular weight excluding hydrogens is 284 g/mol. The second kappa shape index (κ2) is 8.62. The van der Waals surface area contributed by atoms with E-state index in [1.165, 1.54) is 24.1 Å². The molecule has 1 aromatic carbocycles. The molecule has 1 aromatic rings. The molecule has 0 saturated carbocycles. The molecule has 1 aliphatic heterocycles. The molecular formula is C17H27ClN2O. The number of nitrogens with zero attached hydrogens (tertiary/aromatic N) is 1. The standard InChI is InChI=1S/C17H27ClN2O/c1-3-9-19-11-15-7-4-8-16(18)17(15)20-10-5-6-14(12-20)13-21-2/h4,7-8,14,19H,3,5-6,9-13H2,1-2H3. The molecule has 0 bridgehead atoms. The molecule has 2 rings (SSSR count). The van der Waals surface area contributed by atoms with Crippen LogP contribution < -0.4 is 10.2 Å². The van der Waals surface area contributed by atoms with Crippen LogP contribution in [0.3, 0.4) is 0 Å². The number of rotatable bonds is 7. The number of anilines is 1. The third kappa shape index (κ3) is 4.60. The van der Waals surface area contributed by atoms with E-state index in [0.29, 0.717) is 5.92 Å². The molecule has 1 unspecified atom stereocenters. The molecule has 4 heteroatoms. The van der Waals surface area contributed by atoms with Gasteiger partial charge in [-0.1, -0.05) is 30.7 Å². The summed E-state index contributed by atoms with van der Waals surface area (Å²) in [6, 6.07) is 6.23.